The molecular formula is C25H23N7O2. The highest BCUT2D eigenvalue weighted by Crippen LogP contribution is 2.14. The molecule has 0 aliphatic carbocycles. The zero-order chi connectivity index (χ0) is 23.3. The van der Waals surface area contributed by atoms with E-state index in [0.29, 0.717) is 11.4 Å². The number of amides is 2. The van der Waals surface area contributed by atoms with Crippen molar-refractivity contribution >= 4 is 34.9 Å². The van der Waals surface area contributed by atoms with Crippen molar-refractivity contribution in [3.05, 3.63) is 89.2 Å². The highest BCUT2D eigenvalue weighted by molar-refractivity contribution is 6.07. The van der Waals surface area contributed by atoms with Crippen LogP contribution in [-0.4, -0.2) is 54.6 Å². The number of amidine groups is 2. The van der Waals surface area contributed by atoms with Crippen molar-refractivity contribution in [1.82, 2.24) is 15.6 Å². The normalized spacial score (nSPS) is 14.5. The molecule has 0 unspecified atom stereocenters. The molecule has 2 aliphatic heterocycles. The van der Waals surface area contributed by atoms with Gasteiger partial charge in [0.1, 0.15) is 23.1 Å². The maximum absolute atomic E-state index is 12.7. The Morgan fingerprint density at radius 3 is 1.47 bits per heavy atom. The largest absolute Gasteiger partial charge is 0.368 e. The highest BCUT2D eigenvalue weighted by Gasteiger charge is 2.14. The molecule has 170 valence electrons. The van der Waals surface area contributed by atoms with E-state index in [-0.39, 0.29) is 11.4 Å². The summed E-state index contributed by atoms with van der Waals surface area (Å²) in [7, 11) is 0. The van der Waals surface area contributed by atoms with Crippen LogP contribution in [0.2, 0.25) is 0 Å². The van der Waals surface area contributed by atoms with E-state index < -0.39 is 11.8 Å². The number of nitrogens with zero attached hydrogens (tertiary/aromatic N) is 3. The first-order valence-electron chi connectivity index (χ1n) is 11.0. The van der Waals surface area contributed by atoms with Gasteiger partial charge in [-0.05, 0) is 60.7 Å². The summed E-state index contributed by atoms with van der Waals surface area (Å²) in [6.07, 6.45) is 0. The second-order valence-electron chi connectivity index (χ2n) is 7.79. The van der Waals surface area contributed by atoms with Crippen molar-refractivity contribution in [3.8, 4) is 0 Å². The van der Waals surface area contributed by atoms with E-state index in [1.807, 2.05) is 48.5 Å². The summed E-state index contributed by atoms with van der Waals surface area (Å²) < 4.78 is 0. The molecule has 9 heteroatoms. The van der Waals surface area contributed by atoms with Gasteiger partial charge in [0.15, 0.2) is 0 Å². The number of aromatic nitrogens is 1. The predicted molar refractivity (Wildman–Crippen MR) is 132 cm³/mol. The standard InChI is InChI=1S/C25H23N7O2/c33-24(30-18-8-4-16(5-9-18)22-26-12-13-27-22)20-2-1-3-21(32-20)25(34)31-19-10-6-17(7-11-19)23-28-14-15-29-23/h1-11H,12-15H2,(H,26,27)(H,28,29)(H,30,33)(H,31,34). The molecule has 0 spiro atoms. The van der Waals surface area contributed by atoms with E-state index in [0.717, 1.165) is 49.0 Å². The van der Waals surface area contributed by atoms with Crippen LogP contribution in [-0.2, 0) is 0 Å². The van der Waals surface area contributed by atoms with Gasteiger partial charge in [0, 0.05) is 35.6 Å². The lowest BCUT2D eigenvalue weighted by Crippen LogP contribution is -2.20. The molecule has 5 rings (SSSR count). The van der Waals surface area contributed by atoms with Crippen molar-refractivity contribution in [2.24, 2.45) is 9.98 Å². The van der Waals surface area contributed by atoms with Gasteiger partial charge in [-0.2, -0.15) is 0 Å². The summed E-state index contributed by atoms with van der Waals surface area (Å²) in [6.45, 7) is 3.20. The lowest BCUT2D eigenvalue weighted by Gasteiger charge is -2.09. The Morgan fingerprint density at radius 1 is 0.647 bits per heavy atom. The minimum atomic E-state index is -0.395. The molecule has 1 aromatic heterocycles. The summed E-state index contributed by atoms with van der Waals surface area (Å²) >= 11 is 0. The van der Waals surface area contributed by atoms with E-state index in [1.54, 1.807) is 18.2 Å². The van der Waals surface area contributed by atoms with Gasteiger partial charge in [-0.3, -0.25) is 19.6 Å². The van der Waals surface area contributed by atoms with Gasteiger partial charge >= 0.3 is 0 Å². The predicted octanol–water partition coefficient (Wildman–Crippen LogP) is 2.29. The highest BCUT2D eigenvalue weighted by atomic mass is 16.2. The van der Waals surface area contributed by atoms with Crippen LogP contribution in [0.5, 0.6) is 0 Å². The average Bonchev–Trinajstić information content (AvgIpc) is 3.60. The Morgan fingerprint density at radius 2 is 1.09 bits per heavy atom. The number of pyridine rings is 1. The zero-order valence-corrected chi connectivity index (χ0v) is 18.3. The molecule has 0 saturated carbocycles. The molecule has 34 heavy (non-hydrogen) atoms. The van der Waals surface area contributed by atoms with Crippen LogP contribution in [0.1, 0.15) is 32.1 Å². The molecule has 0 bridgehead atoms. The van der Waals surface area contributed by atoms with E-state index in [9.17, 15) is 9.59 Å². The first kappa shape index (κ1) is 21.3. The molecule has 3 heterocycles. The molecule has 3 aromatic rings. The van der Waals surface area contributed by atoms with Crippen LogP contribution in [0.25, 0.3) is 0 Å². The Bertz CT molecular complexity index is 1180. The van der Waals surface area contributed by atoms with Gasteiger partial charge in [-0.25, -0.2) is 4.98 Å². The molecule has 2 amide bonds. The summed E-state index contributed by atoms with van der Waals surface area (Å²) in [5, 5.41) is 12.1. The lowest BCUT2D eigenvalue weighted by molar-refractivity contribution is 0.101. The van der Waals surface area contributed by atoms with Crippen molar-refractivity contribution in [2.45, 2.75) is 0 Å². The molecule has 0 saturated heterocycles. The molecule has 0 radical (unpaired) electrons. The summed E-state index contributed by atoms with van der Waals surface area (Å²) in [4.78, 5) is 38.4. The van der Waals surface area contributed by atoms with Gasteiger partial charge in [-0.15, -0.1) is 0 Å². The zero-order valence-electron chi connectivity index (χ0n) is 18.3. The second kappa shape index (κ2) is 9.53. The number of nitrogens with one attached hydrogen (secondary N) is 4. The van der Waals surface area contributed by atoms with Gasteiger partial charge in [0.2, 0.25) is 0 Å². The third kappa shape index (κ3) is 4.78. The topological polar surface area (TPSA) is 120 Å². The van der Waals surface area contributed by atoms with Crippen molar-refractivity contribution in [1.29, 1.82) is 0 Å². The molecular weight excluding hydrogens is 430 g/mol. The molecule has 2 aromatic carbocycles. The second-order valence-corrected chi connectivity index (χ2v) is 7.79. The van der Waals surface area contributed by atoms with Crippen molar-refractivity contribution in [3.63, 3.8) is 0 Å². The minimum Gasteiger partial charge on any atom is -0.368 e. The number of hydrogen-bond donors (Lipinski definition) is 4. The van der Waals surface area contributed by atoms with E-state index in [1.165, 1.54) is 0 Å². The van der Waals surface area contributed by atoms with Crippen LogP contribution in [0.3, 0.4) is 0 Å². The van der Waals surface area contributed by atoms with Crippen LogP contribution < -0.4 is 21.3 Å². The SMILES string of the molecule is O=C(Nc1ccc(C2=NCCN2)cc1)c1cccc(C(=O)Nc2ccc(C3=NCCN3)cc2)n1. The van der Waals surface area contributed by atoms with Crippen LogP contribution in [0.15, 0.2) is 76.7 Å². The Kier molecular flexibility index (Phi) is 5.98. The van der Waals surface area contributed by atoms with Crippen LogP contribution in [0.4, 0.5) is 11.4 Å². The number of hydrogen-bond acceptors (Lipinski definition) is 7. The van der Waals surface area contributed by atoms with Gasteiger partial charge in [-0.1, -0.05) is 6.07 Å². The Hall–Kier alpha value is -4.53. The first-order valence-corrected chi connectivity index (χ1v) is 11.0. The molecule has 9 nitrogen and oxygen atoms in total. The number of carbonyl (C=O) groups excluding carboxylic acids is 2. The number of benzene rings is 2. The molecule has 4 N–H and O–H groups in total. The number of rotatable bonds is 6. The average molecular weight is 454 g/mol. The van der Waals surface area contributed by atoms with Gasteiger partial charge in [0.25, 0.3) is 11.8 Å². The smallest absolute Gasteiger partial charge is 0.274 e. The fourth-order valence-electron chi connectivity index (χ4n) is 3.68. The lowest BCUT2D eigenvalue weighted by atomic mass is 10.2. The Balaban J connectivity index is 1.22. The number of anilines is 2. The summed E-state index contributed by atoms with van der Waals surface area (Å²) in [6, 6.07) is 19.6. The number of carbonyl (C=O) groups is 2. The summed E-state index contributed by atoms with van der Waals surface area (Å²) in [5.41, 5.74) is 3.50. The monoisotopic (exact) mass is 453 g/mol. The molecule has 2 aliphatic rings. The summed E-state index contributed by atoms with van der Waals surface area (Å²) in [5.74, 6) is 0.926. The maximum Gasteiger partial charge on any atom is 0.274 e. The van der Waals surface area contributed by atoms with E-state index >= 15 is 0 Å². The third-order valence-corrected chi connectivity index (χ3v) is 5.40. The van der Waals surface area contributed by atoms with Crippen LogP contribution >= 0.6 is 0 Å². The van der Waals surface area contributed by atoms with Gasteiger partial charge in [0.05, 0.1) is 13.1 Å². The van der Waals surface area contributed by atoms with Gasteiger partial charge < -0.3 is 21.3 Å². The quantitative estimate of drug-likeness (QED) is 0.457. The Labute approximate surface area is 196 Å². The maximum atomic E-state index is 12.7. The van der Waals surface area contributed by atoms with E-state index in [2.05, 4.69) is 36.2 Å². The van der Waals surface area contributed by atoms with Crippen LogP contribution in [0, 0.1) is 0 Å². The van der Waals surface area contributed by atoms with Crippen molar-refractivity contribution in [2.75, 3.05) is 36.8 Å². The fourth-order valence-corrected chi connectivity index (χ4v) is 3.68. The van der Waals surface area contributed by atoms with E-state index in [4.69, 9.17) is 0 Å². The van der Waals surface area contributed by atoms with Crippen molar-refractivity contribution < 1.29 is 9.59 Å². The minimum absolute atomic E-state index is 0.152. The molecule has 0 fully saturated rings. The fraction of sp³-hybridized carbons (Fsp3) is 0.160. The third-order valence-electron chi connectivity index (χ3n) is 5.40. The first-order chi connectivity index (χ1) is 16.7. The molecule has 0 atom stereocenters. The number of aliphatic imine (C=N–C) groups is 2.